The van der Waals surface area contributed by atoms with Gasteiger partial charge in [-0.2, -0.15) is 5.26 Å². The third-order valence-electron chi connectivity index (χ3n) is 2.79. The maximum absolute atomic E-state index is 13.3. The van der Waals surface area contributed by atoms with Crippen LogP contribution in [0.1, 0.15) is 11.1 Å². The Balaban J connectivity index is 1.92. The molecule has 0 saturated heterocycles. The van der Waals surface area contributed by atoms with Gasteiger partial charge in [-0.3, -0.25) is 4.79 Å². The van der Waals surface area contributed by atoms with Crippen LogP contribution in [0, 0.1) is 24.1 Å². The summed E-state index contributed by atoms with van der Waals surface area (Å²) in [6.45, 7) is 1.41. The van der Waals surface area contributed by atoms with Gasteiger partial charge in [-0.25, -0.2) is 4.39 Å². The van der Waals surface area contributed by atoms with Crippen molar-refractivity contribution in [2.45, 2.75) is 6.92 Å². The molecule has 0 bridgehead atoms. The van der Waals surface area contributed by atoms with Gasteiger partial charge in [-0.05, 0) is 36.8 Å². The van der Waals surface area contributed by atoms with Gasteiger partial charge >= 0.3 is 0 Å². The van der Waals surface area contributed by atoms with Gasteiger partial charge in [0.15, 0.2) is 6.61 Å². The molecule has 2 aromatic rings. The molecule has 0 aliphatic rings. The van der Waals surface area contributed by atoms with Crippen molar-refractivity contribution in [3.63, 3.8) is 0 Å². The third-order valence-corrected chi connectivity index (χ3v) is 2.79. The Labute approximate surface area is 121 Å². The van der Waals surface area contributed by atoms with E-state index in [0.717, 1.165) is 0 Å². The number of nitrogens with zero attached hydrogens (tertiary/aromatic N) is 1. The molecule has 0 heterocycles. The normalized spacial score (nSPS) is 9.76. The van der Waals surface area contributed by atoms with Gasteiger partial charge in [0, 0.05) is 11.8 Å². The fourth-order valence-electron chi connectivity index (χ4n) is 1.68. The molecule has 0 spiro atoms. The molecule has 1 amide bonds. The van der Waals surface area contributed by atoms with Crippen LogP contribution in [0.5, 0.6) is 5.75 Å². The van der Waals surface area contributed by atoms with Crippen molar-refractivity contribution in [3.05, 3.63) is 59.4 Å². The molecule has 0 aromatic heterocycles. The maximum Gasteiger partial charge on any atom is 0.262 e. The van der Waals surface area contributed by atoms with Crippen LogP contribution in [0.3, 0.4) is 0 Å². The number of nitriles is 1. The highest BCUT2D eigenvalue weighted by Crippen LogP contribution is 2.16. The standard InChI is InChI=1S/C16H13FN2O2/c1-11-5-6-14(8-15(11)17)21-10-16(20)19-13-4-2-3-12(7-13)9-18/h2-8H,10H2,1H3,(H,19,20). The number of hydrogen-bond acceptors (Lipinski definition) is 3. The molecular formula is C16H13FN2O2. The molecule has 0 atom stereocenters. The van der Waals surface area contributed by atoms with E-state index in [1.165, 1.54) is 6.07 Å². The number of nitrogens with one attached hydrogen (secondary N) is 1. The SMILES string of the molecule is Cc1ccc(OCC(=O)Nc2cccc(C#N)c2)cc1F. The van der Waals surface area contributed by atoms with Crippen molar-refractivity contribution < 1.29 is 13.9 Å². The summed E-state index contributed by atoms with van der Waals surface area (Å²) in [4.78, 5) is 11.7. The highest BCUT2D eigenvalue weighted by molar-refractivity contribution is 5.92. The monoisotopic (exact) mass is 284 g/mol. The zero-order valence-electron chi connectivity index (χ0n) is 11.4. The van der Waals surface area contributed by atoms with Crippen molar-refractivity contribution in [1.29, 1.82) is 5.26 Å². The Kier molecular flexibility index (Phi) is 4.52. The summed E-state index contributed by atoms with van der Waals surface area (Å²) >= 11 is 0. The van der Waals surface area contributed by atoms with E-state index in [0.29, 0.717) is 22.6 Å². The van der Waals surface area contributed by atoms with E-state index >= 15 is 0 Å². The predicted molar refractivity (Wildman–Crippen MR) is 76.4 cm³/mol. The van der Waals surface area contributed by atoms with Crippen LogP contribution in [-0.4, -0.2) is 12.5 Å². The molecule has 21 heavy (non-hydrogen) atoms. The van der Waals surface area contributed by atoms with Crippen LogP contribution < -0.4 is 10.1 Å². The first kappa shape index (κ1) is 14.5. The Bertz CT molecular complexity index is 708. The van der Waals surface area contributed by atoms with E-state index in [9.17, 15) is 9.18 Å². The molecule has 4 nitrogen and oxygen atoms in total. The van der Waals surface area contributed by atoms with Gasteiger partial charge in [0.25, 0.3) is 5.91 Å². The van der Waals surface area contributed by atoms with Crippen LogP contribution >= 0.6 is 0 Å². The number of ether oxygens (including phenoxy) is 1. The third kappa shape index (κ3) is 4.05. The number of anilines is 1. The van der Waals surface area contributed by atoms with Crippen molar-refractivity contribution in [2.75, 3.05) is 11.9 Å². The fourth-order valence-corrected chi connectivity index (χ4v) is 1.68. The molecule has 2 rings (SSSR count). The van der Waals surface area contributed by atoms with E-state index < -0.39 is 0 Å². The lowest BCUT2D eigenvalue weighted by molar-refractivity contribution is -0.118. The number of amides is 1. The summed E-state index contributed by atoms with van der Waals surface area (Å²) in [6.07, 6.45) is 0. The van der Waals surface area contributed by atoms with Gasteiger partial charge in [-0.1, -0.05) is 12.1 Å². The van der Waals surface area contributed by atoms with Crippen LogP contribution in [0.25, 0.3) is 0 Å². The topological polar surface area (TPSA) is 62.1 Å². The number of aryl methyl sites for hydroxylation is 1. The zero-order chi connectivity index (χ0) is 15.2. The number of carbonyl (C=O) groups is 1. The number of halogens is 1. The van der Waals surface area contributed by atoms with E-state index in [1.54, 1.807) is 43.3 Å². The molecule has 1 N–H and O–H groups in total. The predicted octanol–water partition coefficient (Wildman–Crippen LogP) is 3.02. The van der Waals surface area contributed by atoms with Crippen LogP contribution in [0.4, 0.5) is 10.1 Å². The van der Waals surface area contributed by atoms with E-state index in [4.69, 9.17) is 10.00 Å². The zero-order valence-corrected chi connectivity index (χ0v) is 11.4. The van der Waals surface area contributed by atoms with Gasteiger partial charge in [-0.15, -0.1) is 0 Å². The van der Waals surface area contributed by atoms with Gasteiger partial charge in [0.2, 0.25) is 0 Å². The van der Waals surface area contributed by atoms with E-state index in [2.05, 4.69) is 5.32 Å². The van der Waals surface area contributed by atoms with Crippen LogP contribution in [0.2, 0.25) is 0 Å². The lowest BCUT2D eigenvalue weighted by atomic mass is 10.2. The van der Waals surface area contributed by atoms with Crippen LogP contribution in [0.15, 0.2) is 42.5 Å². The fraction of sp³-hybridized carbons (Fsp3) is 0.125. The Morgan fingerprint density at radius 3 is 2.86 bits per heavy atom. The molecule has 0 radical (unpaired) electrons. The van der Waals surface area contributed by atoms with Crippen LogP contribution in [-0.2, 0) is 4.79 Å². The first-order valence-electron chi connectivity index (χ1n) is 6.27. The molecule has 0 aliphatic carbocycles. The second-order valence-corrected chi connectivity index (χ2v) is 4.44. The quantitative estimate of drug-likeness (QED) is 0.938. The largest absolute Gasteiger partial charge is 0.484 e. The Hall–Kier alpha value is -2.87. The highest BCUT2D eigenvalue weighted by Gasteiger charge is 2.06. The lowest BCUT2D eigenvalue weighted by Gasteiger charge is -2.08. The summed E-state index contributed by atoms with van der Waals surface area (Å²) in [5.41, 5.74) is 1.48. The average Bonchev–Trinajstić information content (AvgIpc) is 2.48. The number of rotatable bonds is 4. The lowest BCUT2D eigenvalue weighted by Crippen LogP contribution is -2.20. The smallest absolute Gasteiger partial charge is 0.262 e. The molecule has 0 unspecified atom stereocenters. The number of hydrogen-bond donors (Lipinski definition) is 1. The summed E-state index contributed by atoms with van der Waals surface area (Å²) in [6, 6.07) is 12.9. The number of carbonyl (C=O) groups excluding carboxylic acids is 1. The second-order valence-electron chi connectivity index (χ2n) is 4.44. The Morgan fingerprint density at radius 2 is 2.14 bits per heavy atom. The summed E-state index contributed by atoms with van der Waals surface area (Å²) in [5, 5.41) is 11.4. The molecule has 5 heteroatoms. The van der Waals surface area contributed by atoms with Crippen molar-refractivity contribution >= 4 is 11.6 Å². The average molecular weight is 284 g/mol. The van der Waals surface area contributed by atoms with Gasteiger partial charge < -0.3 is 10.1 Å². The highest BCUT2D eigenvalue weighted by atomic mass is 19.1. The molecule has 106 valence electrons. The van der Waals surface area contributed by atoms with E-state index in [-0.39, 0.29) is 18.3 Å². The molecule has 0 fully saturated rings. The van der Waals surface area contributed by atoms with Crippen molar-refractivity contribution in [1.82, 2.24) is 0 Å². The minimum absolute atomic E-state index is 0.237. The molecule has 0 aliphatic heterocycles. The van der Waals surface area contributed by atoms with Gasteiger partial charge in [0.1, 0.15) is 11.6 Å². The summed E-state index contributed by atoms with van der Waals surface area (Å²) < 4.78 is 18.5. The maximum atomic E-state index is 13.3. The summed E-state index contributed by atoms with van der Waals surface area (Å²) in [7, 11) is 0. The molecule has 0 saturated carbocycles. The van der Waals surface area contributed by atoms with Crippen molar-refractivity contribution in [3.8, 4) is 11.8 Å². The first-order valence-corrected chi connectivity index (χ1v) is 6.27. The first-order chi connectivity index (χ1) is 10.1. The number of benzene rings is 2. The Morgan fingerprint density at radius 1 is 1.33 bits per heavy atom. The minimum atomic E-state index is -0.383. The molecule has 2 aromatic carbocycles. The second kappa shape index (κ2) is 6.53. The van der Waals surface area contributed by atoms with Gasteiger partial charge in [0.05, 0.1) is 11.6 Å². The van der Waals surface area contributed by atoms with E-state index in [1.807, 2.05) is 6.07 Å². The molecular weight excluding hydrogens is 271 g/mol. The summed E-state index contributed by atoms with van der Waals surface area (Å²) in [5.74, 6) is -0.472. The van der Waals surface area contributed by atoms with Crippen molar-refractivity contribution in [2.24, 2.45) is 0 Å². The minimum Gasteiger partial charge on any atom is -0.484 e.